The maximum Gasteiger partial charge on any atom is 0.407 e. The van der Waals surface area contributed by atoms with Gasteiger partial charge in [-0.05, 0) is 64.9 Å². The van der Waals surface area contributed by atoms with E-state index in [1.54, 1.807) is 0 Å². The molecular formula is C40H47NO8. The molecular weight excluding hydrogens is 622 g/mol. The van der Waals surface area contributed by atoms with E-state index >= 15 is 0 Å². The number of amides is 1. The first-order valence-electron chi connectivity index (χ1n) is 17.4. The molecule has 9 heteroatoms. The van der Waals surface area contributed by atoms with Crippen molar-refractivity contribution in [2.75, 3.05) is 46.1 Å². The molecule has 2 saturated heterocycles. The number of rotatable bonds is 16. The van der Waals surface area contributed by atoms with Gasteiger partial charge in [0.05, 0.1) is 64.9 Å². The maximum atomic E-state index is 12.3. The zero-order valence-corrected chi connectivity index (χ0v) is 28.0. The molecule has 0 spiro atoms. The third kappa shape index (κ3) is 10.3. The van der Waals surface area contributed by atoms with Crippen LogP contribution in [0.25, 0.3) is 10.8 Å². The molecule has 0 bridgehead atoms. The second-order valence-corrected chi connectivity index (χ2v) is 12.6. The summed E-state index contributed by atoms with van der Waals surface area (Å²) in [7, 11) is 0. The zero-order chi connectivity index (χ0) is 33.7. The van der Waals surface area contributed by atoms with Gasteiger partial charge in [-0.2, -0.15) is 0 Å². The summed E-state index contributed by atoms with van der Waals surface area (Å²) in [6.45, 7) is 3.95. The summed E-state index contributed by atoms with van der Waals surface area (Å²) >= 11 is 0. The van der Waals surface area contributed by atoms with Crippen LogP contribution in [0.3, 0.4) is 0 Å². The first-order chi connectivity index (χ1) is 24.1. The fourth-order valence-electron chi connectivity index (χ4n) is 6.53. The standard InChI is InChI=1S/C40H47NO8/c42-40(43)41-26-36(46-23-24-48-38-13-6-7-21-47-38)39(37(27-41)49-29-31-14-15-32-11-4-5-12-34(32)25-31)33-16-18-35(19-17-33)45-22-8-20-44-28-30-9-2-1-3-10-30/h1-5,9-12,14-19,25,36-39H,6-8,13,20-24,26-29H2,(H,42,43). The van der Waals surface area contributed by atoms with Crippen LogP contribution in [0.15, 0.2) is 97.1 Å². The summed E-state index contributed by atoms with van der Waals surface area (Å²) in [5, 5.41) is 12.4. The number of nitrogens with zero attached hydrogens (tertiary/aromatic N) is 1. The molecule has 0 aliphatic carbocycles. The van der Waals surface area contributed by atoms with E-state index in [0.717, 1.165) is 58.9 Å². The summed E-state index contributed by atoms with van der Waals surface area (Å²) in [4.78, 5) is 13.7. The summed E-state index contributed by atoms with van der Waals surface area (Å²) in [6, 6.07) is 32.6. The van der Waals surface area contributed by atoms with Gasteiger partial charge in [0.15, 0.2) is 6.29 Å². The largest absolute Gasteiger partial charge is 0.494 e. The second kappa shape index (κ2) is 18.1. The van der Waals surface area contributed by atoms with Crippen molar-refractivity contribution in [2.24, 2.45) is 0 Å². The molecule has 2 aliphatic rings. The maximum absolute atomic E-state index is 12.3. The third-order valence-corrected chi connectivity index (χ3v) is 9.09. The molecule has 0 aromatic heterocycles. The van der Waals surface area contributed by atoms with E-state index in [-0.39, 0.29) is 25.3 Å². The fraction of sp³-hybridized carbons (Fsp3) is 0.425. The van der Waals surface area contributed by atoms with Crippen molar-refractivity contribution in [2.45, 2.75) is 63.3 Å². The third-order valence-electron chi connectivity index (χ3n) is 9.09. The van der Waals surface area contributed by atoms with E-state index in [1.165, 1.54) is 4.90 Å². The summed E-state index contributed by atoms with van der Waals surface area (Å²) in [5.41, 5.74) is 3.19. The molecule has 1 amide bonds. The van der Waals surface area contributed by atoms with Crippen molar-refractivity contribution < 1.29 is 38.3 Å². The molecule has 4 atom stereocenters. The van der Waals surface area contributed by atoms with Crippen LogP contribution in [0, 0.1) is 0 Å². The molecule has 4 aromatic carbocycles. The predicted octanol–water partition coefficient (Wildman–Crippen LogP) is 7.42. The molecule has 2 heterocycles. The number of ether oxygens (including phenoxy) is 6. The van der Waals surface area contributed by atoms with Crippen LogP contribution >= 0.6 is 0 Å². The predicted molar refractivity (Wildman–Crippen MR) is 187 cm³/mol. The van der Waals surface area contributed by atoms with E-state index in [4.69, 9.17) is 28.4 Å². The van der Waals surface area contributed by atoms with E-state index in [1.807, 2.05) is 54.6 Å². The summed E-state index contributed by atoms with van der Waals surface area (Å²) < 4.78 is 36.4. The Balaban J connectivity index is 1.11. The van der Waals surface area contributed by atoms with Gasteiger partial charge in [-0.1, -0.05) is 78.9 Å². The fourth-order valence-corrected chi connectivity index (χ4v) is 6.53. The van der Waals surface area contributed by atoms with Gasteiger partial charge < -0.3 is 38.4 Å². The highest BCUT2D eigenvalue weighted by molar-refractivity contribution is 5.82. The van der Waals surface area contributed by atoms with Gasteiger partial charge in [-0.3, -0.25) is 0 Å². The average Bonchev–Trinajstić information content (AvgIpc) is 3.15. The van der Waals surface area contributed by atoms with Crippen molar-refractivity contribution in [3.63, 3.8) is 0 Å². The zero-order valence-electron chi connectivity index (χ0n) is 28.0. The molecule has 4 aromatic rings. The highest BCUT2D eigenvalue weighted by Crippen LogP contribution is 2.35. The monoisotopic (exact) mass is 669 g/mol. The number of piperidine rings is 1. The first-order valence-corrected chi connectivity index (χ1v) is 17.4. The molecule has 2 aliphatic heterocycles. The highest BCUT2D eigenvalue weighted by Gasteiger charge is 2.41. The van der Waals surface area contributed by atoms with Crippen LogP contribution in [0.1, 0.15) is 48.3 Å². The number of likely N-dealkylation sites (tertiary alicyclic amines) is 1. The van der Waals surface area contributed by atoms with Gasteiger partial charge in [-0.15, -0.1) is 0 Å². The number of carboxylic acid groups (broad SMARTS) is 1. The van der Waals surface area contributed by atoms with Crippen LogP contribution < -0.4 is 4.74 Å². The molecule has 260 valence electrons. The lowest BCUT2D eigenvalue weighted by molar-refractivity contribution is -0.175. The molecule has 6 rings (SSSR count). The smallest absolute Gasteiger partial charge is 0.407 e. The van der Waals surface area contributed by atoms with Crippen molar-refractivity contribution in [3.8, 4) is 5.75 Å². The number of hydrogen-bond acceptors (Lipinski definition) is 7. The van der Waals surface area contributed by atoms with Gasteiger partial charge in [0.25, 0.3) is 0 Å². The Kier molecular flexibility index (Phi) is 12.9. The van der Waals surface area contributed by atoms with Crippen LogP contribution in [-0.4, -0.2) is 80.7 Å². The van der Waals surface area contributed by atoms with Gasteiger partial charge in [0.1, 0.15) is 5.75 Å². The lowest BCUT2D eigenvalue weighted by Gasteiger charge is -2.42. The van der Waals surface area contributed by atoms with Gasteiger partial charge >= 0.3 is 6.09 Å². The van der Waals surface area contributed by atoms with E-state index in [0.29, 0.717) is 46.2 Å². The summed E-state index contributed by atoms with van der Waals surface area (Å²) in [5.74, 6) is 0.559. The van der Waals surface area contributed by atoms with Crippen molar-refractivity contribution in [3.05, 3.63) is 114 Å². The van der Waals surface area contributed by atoms with Crippen LogP contribution in [0.2, 0.25) is 0 Å². The summed E-state index contributed by atoms with van der Waals surface area (Å²) in [6.07, 6.45) is 1.72. The highest BCUT2D eigenvalue weighted by atomic mass is 16.7. The Hall–Kier alpha value is -3.99. The minimum Gasteiger partial charge on any atom is -0.494 e. The topological polar surface area (TPSA) is 95.9 Å². The van der Waals surface area contributed by atoms with Crippen LogP contribution in [-0.2, 0) is 36.9 Å². The first kappa shape index (κ1) is 34.9. The second-order valence-electron chi connectivity index (χ2n) is 12.6. The molecule has 2 fully saturated rings. The number of benzene rings is 4. The van der Waals surface area contributed by atoms with Gasteiger partial charge in [0, 0.05) is 18.9 Å². The number of hydrogen-bond donors (Lipinski definition) is 1. The van der Waals surface area contributed by atoms with Crippen molar-refractivity contribution >= 4 is 16.9 Å². The lowest BCUT2D eigenvalue weighted by atomic mass is 9.84. The molecule has 0 saturated carbocycles. The molecule has 49 heavy (non-hydrogen) atoms. The van der Waals surface area contributed by atoms with Crippen LogP contribution in [0.5, 0.6) is 5.75 Å². The number of fused-ring (bicyclic) bond motifs is 1. The lowest BCUT2D eigenvalue weighted by Crippen LogP contribution is -2.54. The average molecular weight is 670 g/mol. The molecule has 9 nitrogen and oxygen atoms in total. The van der Waals surface area contributed by atoms with E-state index in [9.17, 15) is 9.90 Å². The Bertz CT molecular complexity index is 1580. The van der Waals surface area contributed by atoms with Gasteiger partial charge in [-0.25, -0.2) is 4.79 Å². The van der Waals surface area contributed by atoms with Crippen molar-refractivity contribution in [1.29, 1.82) is 0 Å². The Morgan fingerprint density at radius 2 is 1.49 bits per heavy atom. The Morgan fingerprint density at radius 3 is 2.27 bits per heavy atom. The quantitative estimate of drug-likeness (QED) is 0.123. The van der Waals surface area contributed by atoms with E-state index in [2.05, 4.69) is 42.5 Å². The molecule has 1 N–H and O–H groups in total. The van der Waals surface area contributed by atoms with E-state index < -0.39 is 18.3 Å². The van der Waals surface area contributed by atoms with Crippen LogP contribution in [0.4, 0.5) is 4.79 Å². The van der Waals surface area contributed by atoms with Crippen molar-refractivity contribution in [1.82, 2.24) is 4.90 Å². The number of carbonyl (C=O) groups is 1. The minimum absolute atomic E-state index is 0.206. The SMILES string of the molecule is O=C(O)N1CC(OCCOC2CCCCO2)C(c2ccc(OCCCOCc3ccccc3)cc2)C(OCc2ccc3ccccc3c2)C1. The Labute approximate surface area is 288 Å². The minimum atomic E-state index is -0.991. The molecule has 0 radical (unpaired) electrons. The normalized spacial score (nSPS) is 21.1. The molecule has 4 unspecified atom stereocenters. The van der Waals surface area contributed by atoms with Gasteiger partial charge in [0.2, 0.25) is 0 Å². The Morgan fingerprint density at radius 1 is 0.735 bits per heavy atom.